The van der Waals surface area contributed by atoms with E-state index in [2.05, 4.69) is 0 Å². The number of methoxy groups -OCH3 is 1. The molecule has 1 aromatic carbocycles. The van der Waals surface area contributed by atoms with Gasteiger partial charge in [-0.2, -0.15) is 0 Å². The first kappa shape index (κ1) is 11.0. The summed E-state index contributed by atoms with van der Waals surface area (Å²) >= 11 is 0. The molecule has 0 radical (unpaired) electrons. The van der Waals surface area contributed by atoms with Gasteiger partial charge >= 0.3 is 5.97 Å². The highest BCUT2D eigenvalue weighted by atomic mass is 16.7. The smallest absolute Gasteiger partial charge is 0.340 e. The summed E-state index contributed by atoms with van der Waals surface area (Å²) in [6, 6.07) is 6.81. The quantitative estimate of drug-likeness (QED) is 0.734. The van der Waals surface area contributed by atoms with Crippen LogP contribution in [0.25, 0.3) is 0 Å². The summed E-state index contributed by atoms with van der Waals surface area (Å²) in [6.07, 6.45) is 1.34. The van der Waals surface area contributed by atoms with E-state index >= 15 is 0 Å². The highest BCUT2D eigenvalue weighted by Crippen LogP contribution is 2.17. The van der Waals surface area contributed by atoms with E-state index < -0.39 is 0 Å². The Labute approximate surface area is 94.1 Å². The van der Waals surface area contributed by atoms with Crippen molar-refractivity contribution in [2.24, 2.45) is 0 Å². The van der Waals surface area contributed by atoms with E-state index in [1.54, 1.807) is 31.4 Å². The number of ether oxygens (including phenoxy) is 3. The first-order valence-corrected chi connectivity index (χ1v) is 5.26. The van der Waals surface area contributed by atoms with Gasteiger partial charge in [0.15, 0.2) is 0 Å². The van der Waals surface area contributed by atoms with Crippen molar-refractivity contribution in [2.75, 3.05) is 13.7 Å². The van der Waals surface area contributed by atoms with Crippen molar-refractivity contribution in [3.05, 3.63) is 29.8 Å². The van der Waals surface area contributed by atoms with Gasteiger partial charge < -0.3 is 14.2 Å². The van der Waals surface area contributed by atoms with E-state index in [1.807, 2.05) is 0 Å². The van der Waals surface area contributed by atoms with Gasteiger partial charge in [0.1, 0.15) is 5.75 Å². The Balaban J connectivity index is 1.97. The summed E-state index contributed by atoms with van der Waals surface area (Å²) in [4.78, 5) is 11.7. The normalized spacial score (nSPS) is 19.4. The van der Waals surface area contributed by atoms with Gasteiger partial charge in [-0.05, 0) is 30.7 Å². The van der Waals surface area contributed by atoms with Gasteiger partial charge in [0.25, 0.3) is 0 Å². The third-order valence-electron chi connectivity index (χ3n) is 2.45. The third kappa shape index (κ3) is 2.52. The maximum Gasteiger partial charge on any atom is 0.340 e. The van der Waals surface area contributed by atoms with E-state index in [-0.39, 0.29) is 12.3 Å². The largest absolute Gasteiger partial charge is 0.497 e. The van der Waals surface area contributed by atoms with Crippen LogP contribution >= 0.6 is 0 Å². The minimum Gasteiger partial charge on any atom is -0.497 e. The van der Waals surface area contributed by atoms with Crippen LogP contribution in [-0.2, 0) is 9.47 Å². The average molecular weight is 222 g/mol. The number of carbonyl (C=O) groups excluding carboxylic acids is 1. The lowest BCUT2D eigenvalue weighted by Gasteiger charge is -2.10. The molecule has 1 aromatic rings. The standard InChI is InChI=1S/C12H14O4/c1-14-10-6-4-9(5-7-10)12(13)16-11-3-2-8-15-11/h4-7,11H,2-3,8H2,1H3. The van der Waals surface area contributed by atoms with Gasteiger partial charge in [-0.15, -0.1) is 0 Å². The fourth-order valence-corrected chi connectivity index (χ4v) is 1.56. The van der Waals surface area contributed by atoms with E-state index in [4.69, 9.17) is 14.2 Å². The van der Waals surface area contributed by atoms with Gasteiger partial charge in [0, 0.05) is 6.42 Å². The van der Waals surface area contributed by atoms with Crippen LogP contribution in [0.4, 0.5) is 0 Å². The van der Waals surface area contributed by atoms with Crippen LogP contribution in [0.1, 0.15) is 23.2 Å². The third-order valence-corrected chi connectivity index (χ3v) is 2.45. The monoisotopic (exact) mass is 222 g/mol. The summed E-state index contributed by atoms with van der Waals surface area (Å²) in [5, 5.41) is 0. The molecule has 0 bridgehead atoms. The van der Waals surface area contributed by atoms with E-state index in [0.29, 0.717) is 17.9 Å². The molecule has 0 N–H and O–H groups in total. The van der Waals surface area contributed by atoms with Crippen LogP contribution in [0.5, 0.6) is 5.75 Å². The molecule has 2 rings (SSSR count). The van der Waals surface area contributed by atoms with Crippen molar-refractivity contribution >= 4 is 5.97 Å². The summed E-state index contributed by atoms with van der Waals surface area (Å²) in [5.74, 6) is 0.364. The summed E-state index contributed by atoms with van der Waals surface area (Å²) in [6.45, 7) is 0.667. The maximum atomic E-state index is 11.7. The Morgan fingerprint density at radius 3 is 2.69 bits per heavy atom. The topological polar surface area (TPSA) is 44.8 Å². The lowest BCUT2D eigenvalue weighted by atomic mass is 10.2. The Morgan fingerprint density at radius 1 is 1.38 bits per heavy atom. The molecule has 0 aromatic heterocycles. The molecule has 4 heteroatoms. The second-order valence-corrected chi connectivity index (χ2v) is 3.58. The highest BCUT2D eigenvalue weighted by Gasteiger charge is 2.20. The van der Waals surface area contributed by atoms with Crippen LogP contribution in [0.3, 0.4) is 0 Å². The molecule has 0 saturated carbocycles. The van der Waals surface area contributed by atoms with Gasteiger partial charge in [0.05, 0.1) is 19.3 Å². The highest BCUT2D eigenvalue weighted by molar-refractivity contribution is 5.89. The molecule has 16 heavy (non-hydrogen) atoms. The lowest BCUT2D eigenvalue weighted by Crippen LogP contribution is -2.16. The van der Waals surface area contributed by atoms with Gasteiger partial charge in [-0.1, -0.05) is 0 Å². The number of hydrogen-bond donors (Lipinski definition) is 0. The number of benzene rings is 1. The van der Waals surface area contributed by atoms with Crippen LogP contribution in [0, 0.1) is 0 Å². The SMILES string of the molecule is COc1ccc(C(=O)OC2CCCO2)cc1. The number of rotatable bonds is 3. The van der Waals surface area contributed by atoms with Gasteiger partial charge in [-0.3, -0.25) is 0 Å². The predicted molar refractivity (Wildman–Crippen MR) is 57.4 cm³/mol. The summed E-state index contributed by atoms with van der Waals surface area (Å²) in [7, 11) is 1.58. The lowest BCUT2D eigenvalue weighted by molar-refractivity contribution is -0.0775. The van der Waals surface area contributed by atoms with Crippen LogP contribution in [-0.4, -0.2) is 26.0 Å². The fourth-order valence-electron chi connectivity index (χ4n) is 1.56. The van der Waals surface area contributed by atoms with Crippen molar-refractivity contribution in [1.82, 2.24) is 0 Å². The molecule has 1 heterocycles. The first-order chi connectivity index (χ1) is 7.79. The zero-order valence-electron chi connectivity index (χ0n) is 9.14. The van der Waals surface area contributed by atoms with Crippen molar-refractivity contribution in [3.8, 4) is 5.75 Å². The van der Waals surface area contributed by atoms with Crippen molar-refractivity contribution in [3.63, 3.8) is 0 Å². The van der Waals surface area contributed by atoms with Gasteiger partial charge in [0.2, 0.25) is 6.29 Å². The minimum absolute atomic E-state index is 0.352. The number of carbonyl (C=O) groups is 1. The molecule has 86 valence electrons. The van der Waals surface area contributed by atoms with Crippen LogP contribution < -0.4 is 4.74 Å². The van der Waals surface area contributed by atoms with Crippen molar-refractivity contribution < 1.29 is 19.0 Å². The zero-order valence-corrected chi connectivity index (χ0v) is 9.14. The summed E-state index contributed by atoms with van der Waals surface area (Å²) < 4.78 is 15.4. The van der Waals surface area contributed by atoms with Gasteiger partial charge in [-0.25, -0.2) is 4.79 Å². The zero-order chi connectivity index (χ0) is 11.4. The fraction of sp³-hybridized carbons (Fsp3) is 0.417. The summed E-state index contributed by atoms with van der Waals surface area (Å²) in [5.41, 5.74) is 0.510. The molecule has 4 nitrogen and oxygen atoms in total. The molecule has 0 spiro atoms. The Morgan fingerprint density at radius 2 is 2.12 bits per heavy atom. The Bertz CT molecular complexity index is 352. The number of esters is 1. The number of hydrogen-bond acceptors (Lipinski definition) is 4. The van der Waals surface area contributed by atoms with Crippen LogP contribution in [0.2, 0.25) is 0 Å². The first-order valence-electron chi connectivity index (χ1n) is 5.26. The second kappa shape index (κ2) is 4.99. The molecule has 1 saturated heterocycles. The molecular formula is C12H14O4. The second-order valence-electron chi connectivity index (χ2n) is 3.58. The van der Waals surface area contributed by atoms with Crippen molar-refractivity contribution in [2.45, 2.75) is 19.1 Å². The van der Waals surface area contributed by atoms with E-state index in [1.165, 1.54) is 0 Å². The predicted octanol–water partition coefficient (Wildman–Crippen LogP) is 1.99. The molecule has 1 aliphatic rings. The Kier molecular flexibility index (Phi) is 3.41. The molecule has 0 amide bonds. The minimum atomic E-state index is -0.380. The average Bonchev–Trinajstić information content (AvgIpc) is 2.82. The molecular weight excluding hydrogens is 208 g/mol. The maximum absolute atomic E-state index is 11.7. The molecule has 1 fully saturated rings. The molecule has 1 aliphatic heterocycles. The van der Waals surface area contributed by atoms with Crippen LogP contribution in [0.15, 0.2) is 24.3 Å². The molecule has 1 unspecified atom stereocenters. The van der Waals surface area contributed by atoms with E-state index in [9.17, 15) is 4.79 Å². The Hall–Kier alpha value is -1.55. The molecule has 0 aliphatic carbocycles. The van der Waals surface area contributed by atoms with Crippen molar-refractivity contribution in [1.29, 1.82) is 0 Å². The molecule has 1 atom stereocenters. The van der Waals surface area contributed by atoms with E-state index in [0.717, 1.165) is 12.8 Å².